The van der Waals surface area contributed by atoms with Gasteiger partial charge >= 0.3 is 12.1 Å². The second-order valence-electron chi connectivity index (χ2n) is 7.59. The van der Waals surface area contributed by atoms with Crippen LogP contribution in [0, 0.1) is 0 Å². The van der Waals surface area contributed by atoms with Crippen LogP contribution in [0.1, 0.15) is 24.0 Å². The first-order valence-corrected chi connectivity index (χ1v) is 9.68. The van der Waals surface area contributed by atoms with Gasteiger partial charge in [0.25, 0.3) is 0 Å². The van der Waals surface area contributed by atoms with Gasteiger partial charge in [-0.15, -0.1) is 0 Å². The third kappa shape index (κ3) is 3.48. The summed E-state index contributed by atoms with van der Waals surface area (Å²) in [6, 6.07) is 7.89. The van der Waals surface area contributed by atoms with Crippen molar-refractivity contribution in [3.05, 3.63) is 47.9 Å². The number of carbonyl (C=O) groups is 1. The molecule has 9 heteroatoms. The van der Waals surface area contributed by atoms with E-state index in [0.717, 1.165) is 45.0 Å². The van der Waals surface area contributed by atoms with Gasteiger partial charge in [0.05, 0.1) is 18.0 Å². The molecule has 0 unspecified atom stereocenters. The lowest BCUT2D eigenvalue weighted by molar-refractivity contribution is -0.189. The maximum absolute atomic E-state index is 12.6. The molecule has 0 atom stereocenters. The molecule has 1 aliphatic rings. The number of amides is 1. The van der Waals surface area contributed by atoms with Crippen molar-refractivity contribution in [1.29, 1.82) is 0 Å². The lowest BCUT2D eigenvalue weighted by atomic mass is 9.89. The van der Waals surface area contributed by atoms with Crippen molar-refractivity contribution in [2.75, 3.05) is 25.0 Å². The Morgan fingerprint density at radius 2 is 1.97 bits per heavy atom. The third-order valence-electron chi connectivity index (χ3n) is 5.67. The first kappa shape index (κ1) is 20.2. The normalized spacial score (nSPS) is 14.8. The molecule has 1 fully saturated rings. The van der Waals surface area contributed by atoms with Crippen LogP contribution in [0.25, 0.3) is 11.0 Å². The maximum Gasteiger partial charge on any atom is 0.471 e. The van der Waals surface area contributed by atoms with Crippen LogP contribution in [-0.2, 0) is 18.3 Å². The van der Waals surface area contributed by atoms with E-state index in [1.54, 1.807) is 12.5 Å². The fourth-order valence-corrected chi connectivity index (χ4v) is 3.83. The maximum atomic E-state index is 12.6. The van der Waals surface area contributed by atoms with Crippen molar-refractivity contribution in [2.24, 2.45) is 7.05 Å². The van der Waals surface area contributed by atoms with Crippen molar-refractivity contribution in [3.63, 3.8) is 0 Å². The molecular weight excluding hydrogens is 395 g/mol. The Morgan fingerprint density at radius 3 is 2.63 bits per heavy atom. The summed E-state index contributed by atoms with van der Waals surface area (Å²) < 4.78 is 39.6. The highest BCUT2D eigenvalue weighted by atomic mass is 19.4. The van der Waals surface area contributed by atoms with Gasteiger partial charge in [-0.3, -0.25) is 4.79 Å². The van der Waals surface area contributed by atoms with E-state index < -0.39 is 12.1 Å². The fourth-order valence-electron chi connectivity index (χ4n) is 3.83. The molecule has 4 rings (SSSR count). The molecule has 158 valence electrons. The highest BCUT2D eigenvalue weighted by Crippen LogP contribution is 2.35. The number of benzene rings is 1. The zero-order chi connectivity index (χ0) is 21.6. The molecule has 0 radical (unpaired) electrons. The number of hydrogen-bond donors (Lipinski definition) is 0. The third-order valence-corrected chi connectivity index (χ3v) is 5.67. The number of fused-ring (bicyclic) bond motifs is 1. The minimum absolute atomic E-state index is 0.0788. The molecule has 0 bridgehead atoms. The van der Waals surface area contributed by atoms with Crippen LogP contribution < -0.4 is 4.90 Å². The quantitative estimate of drug-likeness (QED) is 0.648. The molecule has 6 nitrogen and oxygen atoms in total. The number of halogens is 3. The Kier molecular flexibility index (Phi) is 4.91. The van der Waals surface area contributed by atoms with Crippen molar-refractivity contribution in [3.8, 4) is 0 Å². The number of aromatic nitrogens is 3. The number of aryl methyl sites for hydroxylation is 2. The zero-order valence-corrected chi connectivity index (χ0v) is 16.9. The molecule has 0 N–H and O–H groups in total. The van der Waals surface area contributed by atoms with Crippen LogP contribution >= 0.6 is 0 Å². The van der Waals surface area contributed by atoms with Gasteiger partial charge < -0.3 is 14.4 Å². The van der Waals surface area contributed by atoms with Crippen molar-refractivity contribution < 1.29 is 18.0 Å². The summed E-state index contributed by atoms with van der Waals surface area (Å²) in [5, 5.41) is 0. The number of imidazole rings is 1. The molecule has 30 heavy (non-hydrogen) atoms. The van der Waals surface area contributed by atoms with Gasteiger partial charge in [0.1, 0.15) is 11.3 Å². The molecule has 2 aromatic heterocycles. The highest BCUT2D eigenvalue weighted by molar-refractivity contribution is 5.83. The second-order valence-corrected chi connectivity index (χ2v) is 7.59. The summed E-state index contributed by atoms with van der Waals surface area (Å²) in [6.45, 7) is 2.22. The lowest BCUT2D eigenvalue weighted by Gasteiger charge is -2.40. The molecule has 0 aliphatic carbocycles. The summed E-state index contributed by atoms with van der Waals surface area (Å²) in [5.74, 6) is -1.06. The number of alkyl halides is 3. The van der Waals surface area contributed by atoms with E-state index in [1.807, 2.05) is 54.8 Å². The van der Waals surface area contributed by atoms with Gasteiger partial charge in [0.15, 0.2) is 0 Å². The monoisotopic (exact) mass is 417 g/mol. The summed E-state index contributed by atoms with van der Waals surface area (Å²) in [6.07, 6.45) is -0.566. The van der Waals surface area contributed by atoms with Crippen LogP contribution in [0.3, 0.4) is 0 Å². The molecule has 3 aromatic rings. The first-order chi connectivity index (χ1) is 14.2. The van der Waals surface area contributed by atoms with Crippen LogP contribution in [0.4, 0.5) is 24.7 Å². The predicted octanol–water partition coefficient (Wildman–Crippen LogP) is 3.79. The minimum Gasteiger partial charge on any atom is -0.334 e. The lowest BCUT2D eigenvalue weighted by Crippen LogP contribution is -2.53. The van der Waals surface area contributed by atoms with Gasteiger partial charge in [-0.05, 0) is 23.6 Å². The molecular formula is C21H22F3N5O. The summed E-state index contributed by atoms with van der Waals surface area (Å²) in [4.78, 5) is 23.0. The van der Waals surface area contributed by atoms with Gasteiger partial charge in [-0.25, -0.2) is 9.97 Å². The molecule has 1 aliphatic heterocycles. The second kappa shape index (κ2) is 7.30. The van der Waals surface area contributed by atoms with Crippen molar-refractivity contribution in [1.82, 2.24) is 19.4 Å². The standard InChI is InChI=1S/C21H22F3N5O/c1-4-13-7-14(15-10-29(11-15)20(30)21(22,23)24)5-6-17(13)28(3)19-8-18-16(9-25-19)26-12-27(18)2/h5-9,12,15H,4,10-11H2,1-3H3. The summed E-state index contributed by atoms with van der Waals surface area (Å²) in [7, 11) is 3.86. The van der Waals surface area contributed by atoms with Crippen LogP contribution in [0.2, 0.25) is 0 Å². The number of pyridine rings is 1. The Bertz CT molecular complexity index is 1100. The average molecular weight is 417 g/mol. The number of hydrogen-bond acceptors (Lipinski definition) is 4. The van der Waals surface area contributed by atoms with E-state index in [2.05, 4.69) is 9.97 Å². The largest absolute Gasteiger partial charge is 0.471 e. The van der Waals surface area contributed by atoms with Crippen LogP contribution in [0.5, 0.6) is 0 Å². The summed E-state index contributed by atoms with van der Waals surface area (Å²) >= 11 is 0. The average Bonchev–Trinajstić information content (AvgIpc) is 3.05. The van der Waals surface area contributed by atoms with E-state index in [-0.39, 0.29) is 19.0 Å². The minimum atomic E-state index is -4.81. The van der Waals surface area contributed by atoms with Gasteiger partial charge in [-0.2, -0.15) is 13.2 Å². The number of likely N-dealkylation sites (tertiary alicyclic amines) is 1. The number of anilines is 2. The number of nitrogens with zero attached hydrogens (tertiary/aromatic N) is 5. The van der Waals surface area contributed by atoms with Crippen LogP contribution in [0.15, 0.2) is 36.8 Å². The van der Waals surface area contributed by atoms with Crippen molar-refractivity contribution >= 4 is 28.4 Å². The van der Waals surface area contributed by atoms with E-state index in [4.69, 9.17) is 0 Å². The Balaban J connectivity index is 1.55. The number of carbonyl (C=O) groups excluding carboxylic acids is 1. The predicted molar refractivity (Wildman–Crippen MR) is 108 cm³/mol. The first-order valence-electron chi connectivity index (χ1n) is 9.68. The van der Waals surface area contributed by atoms with E-state index >= 15 is 0 Å². The van der Waals surface area contributed by atoms with Crippen LogP contribution in [-0.4, -0.2) is 51.7 Å². The molecule has 1 aromatic carbocycles. The van der Waals surface area contributed by atoms with Gasteiger partial charge in [0, 0.05) is 44.9 Å². The van der Waals surface area contributed by atoms with E-state index in [0.29, 0.717) is 0 Å². The molecule has 1 saturated heterocycles. The Morgan fingerprint density at radius 1 is 1.23 bits per heavy atom. The smallest absolute Gasteiger partial charge is 0.334 e. The zero-order valence-electron chi connectivity index (χ0n) is 16.9. The van der Waals surface area contributed by atoms with E-state index in [9.17, 15) is 18.0 Å². The topological polar surface area (TPSA) is 54.3 Å². The van der Waals surface area contributed by atoms with Crippen molar-refractivity contribution in [2.45, 2.75) is 25.4 Å². The molecule has 0 saturated carbocycles. The molecule has 3 heterocycles. The van der Waals surface area contributed by atoms with Gasteiger partial charge in [0.2, 0.25) is 0 Å². The SMILES string of the molecule is CCc1cc(C2CN(C(=O)C(F)(F)F)C2)ccc1N(C)c1cc2c(cn1)ncn2C. The molecule has 0 spiro atoms. The Labute approximate surface area is 171 Å². The molecule has 1 amide bonds. The summed E-state index contributed by atoms with van der Waals surface area (Å²) in [5.41, 5.74) is 4.81. The number of rotatable bonds is 4. The van der Waals surface area contributed by atoms with E-state index in [1.165, 1.54) is 0 Å². The Hall–Kier alpha value is -3.10. The van der Waals surface area contributed by atoms with Gasteiger partial charge in [-0.1, -0.05) is 19.1 Å². The highest BCUT2D eigenvalue weighted by Gasteiger charge is 2.46. The fraction of sp³-hybridized carbons (Fsp3) is 0.381.